The summed E-state index contributed by atoms with van der Waals surface area (Å²) in [7, 11) is 0. The number of aliphatic hydroxyl groups is 1. The average molecular weight is 206 g/mol. The fraction of sp³-hybridized carbons (Fsp3) is 0.385. The van der Waals surface area contributed by atoms with E-state index in [-0.39, 0.29) is 5.82 Å². The Morgan fingerprint density at radius 3 is 2.73 bits per heavy atom. The first-order valence-corrected chi connectivity index (χ1v) is 5.31. The van der Waals surface area contributed by atoms with E-state index in [0.29, 0.717) is 5.56 Å². The molecule has 0 aromatic heterocycles. The van der Waals surface area contributed by atoms with Crippen molar-refractivity contribution in [1.82, 2.24) is 0 Å². The van der Waals surface area contributed by atoms with E-state index in [2.05, 4.69) is 6.08 Å². The zero-order valence-corrected chi connectivity index (χ0v) is 8.83. The first-order valence-electron chi connectivity index (χ1n) is 5.31. The Morgan fingerprint density at radius 2 is 2.13 bits per heavy atom. The molecule has 1 aromatic rings. The highest BCUT2D eigenvalue weighted by atomic mass is 19.1. The predicted octanol–water partition coefficient (Wildman–Crippen LogP) is 3.28. The minimum Gasteiger partial charge on any atom is -0.384 e. The Hall–Kier alpha value is -1.15. The molecule has 15 heavy (non-hydrogen) atoms. The van der Waals surface area contributed by atoms with Crippen LogP contribution in [0.4, 0.5) is 4.39 Å². The van der Waals surface area contributed by atoms with Crippen molar-refractivity contribution in [2.45, 2.75) is 32.3 Å². The maximum Gasteiger partial charge on any atom is 0.123 e. The van der Waals surface area contributed by atoms with Gasteiger partial charge in [0.25, 0.3) is 0 Å². The number of halogens is 1. The third kappa shape index (κ3) is 2.26. The maximum atomic E-state index is 13.1. The van der Waals surface area contributed by atoms with E-state index < -0.39 is 6.10 Å². The van der Waals surface area contributed by atoms with Gasteiger partial charge in [-0.05, 0) is 55.0 Å². The van der Waals surface area contributed by atoms with Gasteiger partial charge in [-0.25, -0.2) is 4.39 Å². The van der Waals surface area contributed by atoms with Crippen molar-refractivity contribution >= 4 is 0 Å². The minimum absolute atomic E-state index is 0.275. The monoisotopic (exact) mass is 206 g/mol. The second-order valence-corrected chi connectivity index (χ2v) is 4.14. The molecule has 0 bridgehead atoms. The van der Waals surface area contributed by atoms with E-state index in [4.69, 9.17) is 0 Å². The molecular weight excluding hydrogens is 191 g/mol. The van der Waals surface area contributed by atoms with Crippen LogP contribution in [0.5, 0.6) is 0 Å². The number of hydrogen-bond donors (Lipinski definition) is 1. The number of benzene rings is 1. The highest BCUT2D eigenvalue weighted by Crippen LogP contribution is 2.31. The molecule has 1 N–H and O–H groups in total. The summed E-state index contributed by atoms with van der Waals surface area (Å²) >= 11 is 0. The molecule has 1 atom stereocenters. The summed E-state index contributed by atoms with van der Waals surface area (Å²) in [4.78, 5) is 0. The molecule has 1 aliphatic carbocycles. The van der Waals surface area contributed by atoms with Crippen LogP contribution in [0.3, 0.4) is 0 Å². The second kappa shape index (κ2) is 4.15. The number of allylic oxidation sites excluding steroid dienone is 1. The van der Waals surface area contributed by atoms with Crippen LogP contribution in [0.2, 0.25) is 0 Å². The van der Waals surface area contributed by atoms with Crippen molar-refractivity contribution in [3.63, 3.8) is 0 Å². The van der Waals surface area contributed by atoms with Crippen LogP contribution in [0.1, 0.15) is 36.5 Å². The molecule has 1 nitrogen and oxygen atoms in total. The van der Waals surface area contributed by atoms with E-state index in [1.165, 1.54) is 12.1 Å². The van der Waals surface area contributed by atoms with E-state index in [1.54, 1.807) is 0 Å². The van der Waals surface area contributed by atoms with Gasteiger partial charge in [0.05, 0.1) is 0 Å². The highest BCUT2D eigenvalue weighted by Gasteiger charge is 2.16. The number of hydrogen-bond acceptors (Lipinski definition) is 1. The summed E-state index contributed by atoms with van der Waals surface area (Å²) in [6.07, 6.45) is 4.49. The van der Waals surface area contributed by atoms with Gasteiger partial charge < -0.3 is 5.11 Å². The van der Waals surface area contributed by atoms with Crippen LogP contribution in [0.25, 0.3) is 0 Å². The van der Waals surface area contributed by atoms with E-state index >= 15 is 0 Å². The molecular formula is C13H15FO. The van der Waals surface area contributed by atoms with E-state index in [0.717, 1.165) is 30.4 Å². The zero-order valence-electron chi connectivity index (χ0n) is 8.83. The standard InChI is InChI=1S/C13H15FO/c1-9-6-11(8-12(14)7-9)13(15)10-4-2-3-5-10/h4,6-8,13,15H,2-3,5H2,1H3. The molecule has 1 aromatic carbocycles. The fourth-order valence-electron chi connectivity index (χ4n) is 2.08. The smallest absolute Gasteiger partial charge is 0.123 e. The quantitative estimate of drug-likeness (QED) is 0.736. The van der Waals surface area contributed by atoms with Crippen molar-refractivity contribution < 1.29 is 9.50 Å². The molecule has 2 heteroatoms. The Balaban J connectivity index is 2.28. The molecule has 0 amide bonds. The van der Waals surface area contributed by atoms with Crippen LogP contribution in [0, 0.1) is 12.7 Å². The highest BCUT2D eigenvalue weighted by molar-refractivity contribution is 5.31. The predicted molar refractivity (Wildman–Crippen MR) is 58.0 cm³/mol. The van der Waals surface area contributed by atoms with Gasteiger partial charge in [0.1, 0.15) is 11.9 Å². The van der Waals surface area contributed by atoms with Gasteiger partial charge in [-0.3, -0.25) is 0 Å². The average Bonchev–Trinajstić information content (AvgIpc) is 2.67. The third-order valence-electron chi connectivity index (χ3n) is 2.81. The summed E-state index contributed by atoms with van der Waals surface area (Å²) in [6, 6.07) is 4.73. The topological polar surface area (TPSA) is 20.2 Å². The van der Waals surface area contributed by atoms with Gasteiger partial charge in [0.2, 0.25) is 0 Å². The Morgan fingerprint density at radius 1 is 1.33 bits per heavy atom. The molecule has 1 aliphatic rings. The lowest BCUT2D eigenvalue weighted by atomic mass is 9.99. The molecule has 0 saturated carbocycles. The molecule has 0 spiro atoms. The fourth-order valence-corrected chi connectivity index (χ4v) is 2.08. The summed E-state index contributed by atoms with van der Waals surface area (Å²) in [5.41, 5.74) is 2.54. The lowest BCUT2D eigenvalue weighted by Gasteiger charge is -2.13. The molecule has 0 heterocycles. The van der Waals surface area contributed by atoms with Gasteiger partial charge in [-0.1, -0.05) is 12.1 Å². The first-order chi connectivity index (χ1) is 7.16. The number of aliphatic hydroxyl groups excluding tert-OH is 1. The van der Waals surface area contributed by atoms with Gasteiger partial charge >= 0.3 is 0 Å². The number of aryl methyl sites for hydroxylation is 1. The molecule has 0 saturated heterocycles. The van der Waals surface area contributed by atoms with Crippen LogP contribution >= 0.6 is 0 Å². The van der Waals surface area contributed by atoms with Gasteiger partial charge in [-0.2, -0.15) is 0 Å². The summed E-state index contributed by atoms with van der Waals surface area (Å²) in [5.74, 6) is -0.275. The molecule has 0 fully saturated rings. The Kier molecular flexibility index (Phi) is 2.87. The van der Waals surface area contributed by atoms with Crippen molar-refractivity contribution in [1.29, 1.82) is 0 Å². The first kappa shape index (κ1) is 10.4. The SMILES string of the molecule is Cc1cc(F)cc(C(O)C2=CCCC2)c1. The lowest BCUT2D eigenvalue weighted by molar-refractivity contribution is 0.212. The van der Waals surface area contributed by atoms with E-state index in [1.807, 2.05) is 13.0 Å². The van der Waals surface area contributed by atoms with Crippen LogP contribution in [-0.4, -0.2) is 5.11 Å². The normalized spacial score (nSPS) is 17.7. The summed E-state index contributed by atoms with van der Waals surface area (Å²) in [6.45, 7) is 1.84. The Labute approximate surface area is 89.3 Å². The third-order valence-corrected chi connectivity index (χ3v) is 2.81. The number of rotatable bonds is 2. The molecule has 1 unspecified atom stereocenters. The molecule has 0 aliphatic heterocycles. The van der Waals surface area contributed by atoms with Crippen molar-refractivity contribution in [2.24, 2.45) is 0 Å². The second-order valence-electron chi connectivity index (χ2n) is 4.14. The lowest BCUT2D eigenvalue weighted by Crippen LogP contribution is -2.01. The maximum absolute atomic E-state index is 13.1. The van der Waals surface area contributed by atoms with Crippen molar-refractivity contribution in [2.75, 3.05) is 0 Å². The van der Waals surface area contributed by atoms with Gasteiger partial charge in [-0.15, -0.1) is 0 Å². The largest absolute Gasteiger partial charge is 0.384 e. The van der Waals surface area contributed by atoms with Crippen LogP contribution < -0.4 is 0 Å². The molecule has 0 radical (unpaired) electrons. The van der Waals surface area contributed by atoms with Crippen LogP contribution in [0.15, 0.2) is 29.8 Å². The summed E-state index contributed by atoms with van der Waals surface area (Å²) < 4.78 is 13.1. The van der Waals surface area contributed by atoms with E-state index in [9.17, 15) is 9.50 Å². The van der Waals surface area contributed by atoms with Crippen LogP contribution in [-0.2, 0) is 0 Å². The van der Waals surface area contributed by atoms with Crippen molar-refractivity contribution in [3.8, 4) is 0 Å². The zero-order chi connectivity index (χ0) is 10.8. The Bertz CT molecular complexity index is 375. The summed E-state index contributed by atoms with van der Waals surface area (Å²) in [5, 5.41) is 10.0. The van der Waals surface area contributed by atoms with Gasteiger partial charge in [0, 0.05) is 0 Å². The minimum atomic E-state index is -0.623. The van der Waals surface area contributed by atoms with Gasteiger partial charge in [0.15, 0.2) is 0 Å². The molecule has 80 valence electrons. The molecule has 2 rings (SSSR count). The van der Waals surface area contributed by atoms with Crippen molar-refractivity contribution in [3.05, 3.63) is 46.8 Å².